The lowest BCUT2D eigenvalue weighted by Crippen LogP contribution is -2.49. The molecule has 9 heteroatoms. The number of carboxylic acid groups (broad SMARTS) is 1. The zero-order valence-corrected chi connectivity index (χ0v) is 14.2. The van der Waals surface area contributed by atoms with Crippen molar-refractivity contribution < 1.29 is 19.4 Å². The maximum atomic E-state index is 12.1. The Labute approximate surface area is 145 Å². The first-order chi connectivity index (χ1) is 11.4. The van der Waals surface area contributed by atoms with Gasteiger partial charge in [0.25, 0.3) is 0 Å². The predicted octanol–water partition coefficient (Wildman–Crippen LogP) is 0.391. The summed E-state index contributed by atoms with van der Waals surface area (Å²) < 4.78 is 5.64. The normalized spacial score (nSPS) is 18.5. The average molecular weight is 357 g/mol. The number of ether oxygens (including phenoxy) is 1. The van der Waals surface area contributed by atoms with Gasteiger partial charge in [0.15, 0.2) is 0 Å². The third-order valence-electron chi connectivity index (χ3n) is 3.51. The molecule has 1 atom stereocenters. The molecule has 0 aromatic carbocycles. The highest BCUT2D eigenvalue weighted by Gasteiger charge is 2.23. The standard InChI is InChI=1S/C15H21ClN4O4/c1-19(10-15(22)23)7-12-8-20(4-5-24-12)9-14(21)18-13-3-2-11(16)6-17-13/h2-3,6,12H,4-5,7-10H2,1H3,(H,22,23)(H,17,18,21). The molecule has 0 aliphatic carbocycles. The van der Waals surface area contributed by atoms with Crippen molar-refractivity contribution >= 4 is 29.3 Å². The van der Waals surface area contributed by atoms with Crippen LogP contribution in [0.15, 0.2) is 18.3 Å². The van der Waals surface area contributed by atoms with Crippen LogP contribution in [0.25, 0.3) is 0 Å². The van der Waals surface area contributed by atoms with Crippen LogP contribution in [0.1, 0.15) is 0 Å². The number of carbonyl (C=O) groups excluding carboxylic acids is 1. The van der Waals surface area contributed by atoms with Gasteiger partial charge in [0.1, 0.15) is 5.82 Å². The van der Waals surface area contributed by atoms with Gasteiger partial charge in [-0.05, 0) is 19.2 Å². The van der Waals surface area contributed by atoms with Crippen molar-refractivity contribution in [3.05, 3.63) is 23.4 Å². The van der Waals surface area contributed by atoms with E-state index in [0.717, 1.165) is 0 Å². The third-order valence-corrected chi connectivity index (χ3v) is 3.73. The Morgan fingerprint density at radius 2 is 2.33 bits per heavy atom. The Morgan fingerprint density at radius 1 is 1.54 bits per heavy atom. The summed E-state index contributed by atoms with van der Waals surface area (Å²) in [4.78, 5) is 30.5. The number of aliphatic carboxylic acids is 1. The van der Waals surface area contributed by atoms with E-state index in [1.165, 1.54) is 6.20 Å². The highest BCUT2D eigenvalue weighted by molar-refractivity contribution is 6.30. The second kappa shape index (κ2) is 8.93. The lowest BCUT2D eigenvalue weighted by molar-refractivity contribution is -0.138. The SMILES string of the molecule is CN(CC(=O)O)CC1CN(CC(=O)Nc2ccc(Cl)cn2)CCO1. The smallest absolute Gasteiger partial charge is 0.317 e. The summed E-state index contributed by atoms with van der Waals surface area (Å²) in [6, 6.07) is 3.30. The fourth-order valence-electron chi connectivity index (χ4n) is 2.51. The molecular weight excluding hydrogens is 336 g/mol. The zero-order chi connectivity index (χ0) is 17.5. The van der Waals surface area contributed by atoms with Gasteiger partial charge < -0.3 is 15.2 Å². The van der Waals surface area contributed by atoms with Crippen molar-refractivity contribution in [2.75, 3.05) is 51.7 Å². The van der Waals surface area contributed by atoms with Gasteiger partial charge >= 0.3 is 5.97 Å². The lowest BCUT2D eigenvalue weighted by Gasteiger charge is -2.34. The van der Waals surface area contributed by atoms with E-state index in [1.54, 1.807) is 24.1 Å². The molecule has 0 saturated carbocycles. The first-order valence-corrected chi connectivity index (χ1v) is 7.96. The minimum atomic E-state index is -0.875. The molecule has 1 aromatic heterocycles. The van der Waals surface area contributed by atoms with Crippen LogP contribution in [0.3, 0.4) is 0 Å². The monoisotopic (exact) mass is 356 g/mol. The fraction of sp³-hybridized carbons (Fsp3) is 0.533. The second-order valence-electron chi connectivity index (χ2n) is 5.73. The Kier molecular flexibility index (Phi) is 6.92. The quantitative estimate of drug-likeness (QED) is 0.729. The number of carboxylic acids is 1. The summed E-state index contributed by atoms with van der Waals surface area (Å²) in [6.07, 6.45) is 1.35. The van der Waals surface area contributed by atoms with E-state index in [4.69, 9.17) is 21.4 Å². The number of hydrogen-bond acceptors (Lipinski definition) is 6. The number of pyridine rings is 1. The molecule has 1 amide bonds. The van der Waals surface area contributed by atoms with Crippen molar-refractivity contribution in [1.29, 1.82) is 0 Å². The Balaban J connectivity index is 1.78. The number of aromatic nitrogens is 1. The topological polar surface area (TPSA) is 95.0 Å². The maximum absolute atomic E-state index is 12.1. The van der Waals surface area contributed by atoms with Gasteiger partial charge in [0.05, 0.1) is 30.8 Å². The molecule has 1 saturated heterocycles. The van der Waals surface area contributed by atoms with E-state index in [9.17, 15) is 9.59 Å². The number of anilines is 1. The summed E-state index contributed by atoms with van der Waals surface area (Å²) >= 11 is 5.75. The van der Waals surface area contributed by atoms with E-state index in [-0.39, 0.29) is 25.1 Å². The van der Waals surface area contributed by atoms with Gasteiger partial charge in [-0.25, -0.2) is 4.98 Å². The molecule has 0 radical (unpaired) electrons. The number of nitrogens with one attached hydrogen (secondary N) is 1. The lowest BCUT2D eigenvalue weighted by atomic mass is 10.2. The zero-order valence-electron chi connectivity index (χ0n) is 13.4. The van der Waals surface area contributed by atoms with Crippen LogP contribution < -0.4 is 5.32 Å². The summed E-state index contributed by atoms with van der Waals surface area (Å²) in [5, 5.41) is 12.0. The number of likely N-dealkylation sites (N-methyl/N-ethyl adjacent to an activating group) is 1. The Hall–Kier alpha value is -1.74. The molecule has 1 aliphatic rings. The molecule has 1 fully saturated rings. The van der Waals surface area contributed by atoms with Gasteiger partial charge in [0, 0.05) is 25.8 Å². The molecule has 1 aromatic rings. The first-order valence-electron chi connectivity index (χ1n) is 7.58. The highest BCUT2D eigenvalue weighted by atomic mass is 35.5. The van der Waals surface area contributed by atoms with Crippen molar-refractivity contribution in [3.63, 3.8) is 0 Å². The van der Waals surface area contributed by atoms with E-state index in [0.29, 0.717) is 37.1 Å². The van der Waals surface area contributed by atoms with Crippen molar-refractivity contribution in [2.24, 2.45) is 0 Å². The van der Waals surface area contributed by atoms with Crippen molar-refractivity contribution in [3.8, 4) is 0 Å². The molecule has 1 aliphatic heterocycles. The van der Waals surface area contributed by atoms with Gasteiger partial charge in [-0.3, -0.25) is 19.4 Å². The van der Waals surface area contributed by atoms with Gasteiger partial charge in [-0.1, -0.05) is 11.6 Å². The van der Waals surface area contributed by atoms with Crippen LogP contribution in [0.5, 0.6) is 0 Å². The Morgan fingerprint density at radius 3 is 3.00 bits per heavy atom. The molecule has 132 valence electrons. The fourth-order valence-corrected chi connectivity index (χ4v) is 2.62. The maximum Gasteiger partial charge on any atom is 0.317 e. The molecule has 0 bridgehead atoms. The first kappa shape index (κ1) is 18.6. The summed E-state index contributed by atoms with van der Waals surface area (Å²) in [5.41, 5.74) is 0. The number of morpholine rings is 1. The van der Waals surface area contributed by atoms with Crippen molar-refractivity contribution in [1.82, 2.24) is 14.8 Å². The molecular formula is C15H21ClN4O4. The van der Waals surface area contributed by atoms with Crippen LogP contribution >= 0.6 is 11.6 Å². The van der Waals surface area contributed by atoms with Crippen LogP contribution in [0.2, 0.25) is 5.02 Å². The van der Waals surface area contributed by atoms with E-state index < -0.39 is 5.97 Å². The number of nitrogens with zero attached hydrogens (tertiary/aromatic N) is 3. The van der Waals surface area contributed by atoms with E-state index in [2.05, 4.69) is 10.3 Å². The largest absolute Gasteiger partial charge is 0.480 e. The van der Waals surface area contributed by atoms with Crippen LogP contribution in [-0.2, 0) is 14.3 Å². The number of carbonyl (C=O) groups is 2. The summed E-state index contributed by atoms with van der Waals surface area (Å²) in [7, 11) is 1.73. The van der Waals surface area contributed by atoms with E-state index >= 15 is 0 Å². The minimum absolute atomic E-state index is 0.0391. The third kappa shape index (κ3) is 6.40. The molecule has 0 spiro atoms. The second-order valence-corrected chi connectivity index (χ2v) is 6.16. The van der Waals surface area contributed by atoms with Gasteiger partial charge in [-0.2, -0.15) is 0 Å². The van der Waals surface area contributed by atoms with Gasteiger partial charge in [0.2, 0.25) is 5.91 Å². The molecule has 2 heterocycles. The van der Waals surface area contributed by atoms with Crippen molar-refractivity contribution in [2.45, 2.75) is 6.10 Å². The van der Waals surface area contributed by atoms with Crippen LogP contribution in [-0.4, -0.2) is 84.2 Å². The number of halogens is 1. The van der Waals surface area contributed by atoms with Crippen LogP contribution in [0.4, 0.5) is 5.82 Å². The average Bonchev–Trinajstić information content (AvgIpc) is 2.49. The number of hydrogen-bond donors (Lipinski definition) is 2. The number of rotatable bonds is 7. The molecule has 24 heavy (non-hydrogen) atoms. The van der Waals surface area contributed by atoms with Crippen LogP contribution in [0, 0.1) is 0 Å². The number of amides is 1. The molecule has 2 rings (SSSR count). The predicted molar refractivity (Wildman–Crippen MR) is 89.2 cm³/mol. The van der Waals surface area contributed by atoms with Gasteiger partial charge in [-0.15, -0.1) is 0 Å². The molecule has 2 N–H and O–H groups in total. The summed E-state index contributed by atoms with van der Waals surface area (Å²) in [6.45, 7) is 2.43. The van der Waals surface area contributed by atoms with E-state index in [1.807, 2.05) is 4.90 Å². The molecule has 8 nitrogen and oxygen atoms in total. The highest BCUT2D eigenvalue weighted by Crippen LogP contribution is 2.10. The Bertz CT molecular complexity index is 569. The minimum Gasteiger partial charge on any atom is -0.480 e. The molecule has 1 unspecified atom stereocenters. The summed E-state index contributed by atoms with van der Waals surface area (Å²) in [5.74, 6) is -0.584.